The summed E-state index contributed by atoms with van der Waals surface area (Å²) in [6.07, 6.45) is 1.37. The second kappa shape index (κ2) is 15.1. The van der Waals surface area contributed by atoms with Gasteiger partial charge in [-0.1, -0.05) is 42.5 Å². The number of nitrogens with one attached hydrogen (secondary N) is 1. The van der Waals surface area contributed by atoms with E-state index in [1.54, 1.807) is 32.4 Å². The average molecular weight is 657 g/mol. The van der Waals surface area contributed by atoms with Crippen molar-refractivity contribution in [2.45, 2.75) is 51.0 Å². The fraction of sp³-hybridized carbons (Fsp3) is 0.432. The lowest BCUT2D eigenvalue weighted by Crippen LogP contribution is -2.47. The van der Waals surface area contributed by atoms with Gasteiger partial charge in [0, 0.05) is 45.2 Å². The molecule has 254 valence electrons. The van der Waals surface area contributed by atoms with Crippen molar-refractivity contribution in [3.8, 4) is 11.5 Å². The van der Waals surface area contributed by atoms with Crippen molar-refractivity contribution in [1.82, 2.24) is 15.1 Å². The molecule has 0 spiro atoms. The number of amides is 3. The van der Waals surface area contributed by atoms with Crippen LogP contribution in [-0.2, 0) is 9.47 Å². The number of piperazine rings is 1. The van der Waals surface area contributed by atoms with E-state index in [0.717, 1.165) is 43.9 Å². The van der Waals surface area contributed by atoms with Gasteiger partial charge in [0.1, 0.15) is 0 Å². The minimum absolute atomic E-state index is 0.281. The van der Waals surface area contributed by atoms with Crippen LogP contribution in [0.3, 0.4) is 0 Å². The number of fused-ring (bicyclic) bond motifs is 1. The summed E-state index contributed by atoms with van der Waals surface area (Å²) >= 11 is 0. The highest BCUT2D eigenvalue weighted by molar-refractivity contribution is 6.24. The quantitative estimate of drug-likeness (QED) is 0.198. The minimum atomic E-state index is -0.607. The SMILES string of the molecule is COc1ccc(C(CCCNC(=O)O[C@@H]2CCCO2)N2C(=O)c3cccc(N4CCN([C@H](C)c5ccccc5)CC4)c3C2=O)cc1OC. The van der Waals surface area contributed by atoms with Crippen LogP contribution < -0.4 is 19.7 Å². The predicted octanol–water partition coefficient (Wildman–Crippen LogP) is 5.57. The molecule has 3 aliphatic rings. The Morgan fingerprint density at radius 1 is 0.917 bits per heavy atom. The first-order valence-corrected chi connectivity index (χ1v) is 16.7. The topological polar surface area (TPSA) is 110 Å². The summed E-state index contributed by atoms with van der Waals surface area (Å²) in [5, 5.41) is 2.78. The molecule has 3 amide bonds. The Hall–Kier alpha value is -4.61. The smallest absolute Gasteiger partial charge is 0.409 e. The molecular formula is C37H44N4O7. The Labute approximate surface area is 281 Å². The van der Waals surface area contributed by atoms with Crippen molar-refractivity contribution in [1.29, 1.82) is 0 Å². The first-order valence-electron chi connectivity index (χ1n) is 16.7. The van der Waals surface area contributed by atoms with Crippen LogP contribution in [0.5, 0.6) is 11.5 Å². The van der Waals surface area contributed by atoms with Gasteiger partial charge in [0.15, 0.2) is 11.5 Å². The van der Waals surface area contributed by atoms with E-state index in [-0.39, 0.29) is 17.9 Å². The number of imide groups is 1. The van der Waals surface area contributed by atoms with E-state index in [4.69, 9.17) is 18.9 Å². The normalized spacial score (nSPS) is 19.2. The van der Waals surface area contributed by atoms with Gasteiger partial charge < -0.3 is 29.2 Å². The average Bonchev–Trinajstić information content (AvgIpc) is 3.73. The van der Waals surface area contributed by atoms with E-state index in [1.165, 1.54) is 10.5 Å². The van der Waals surface area contributed by atoms with Crippen molar-refractivity contribution in [2.75, 3.05) is 58.5 Å². The molecule has 2 saturated heterocycles. The van der Waals surface area contributed by atoms with Gasteiger partial charge in [-0.05, 0) is 61.6 Å². The number of benzene rings is 3. The van der Waals surface area contributed by atoms with Crippen LogP contribution in [0.2, 0.25) is 0 Å². The van der Waals surface area contributed by atoms with E-state index >= 15 is 0 Å². The van der Waals surface area contributed by atoms with E-state index in [1.807, 2.05) is 24.3 Å². The Kier molecular flexibility index (Phi) is 10.5. The third-order valence-electron chi connectivity index (χ3n) is 9.56. The van der Waals surface area contributed by atoms with Crippen molar-refractivity contribution in [2.24, 2.45) is 0 Å². The fourth-order valence-electron chi connectivity index (χ4n) is 6.92. The monoisotopic (exact) mass is 656 g/mol. The maximum absolute atomic E-state index is 14.4. The molecule has 1 N–H and O–H groups in total. The number of alkyl carbamates (subject to hydrolysis) is 1. The molecule has 2 fully saturated rings. The number of methoxy groups -OCH3 is 2. The fourth-order valence-corrected chi connectivity index (χ4v) is 6.92. The third-order valence-corrected chi connectivity index (χ3v) is 9.56. The summed E-state index contributed by atoms with van der Waals surface area (Å²) in [6, 6.07) is 21.1. The Morgan fingerprint density at radius 2 is 1.69 bits per heavy atom. The van der Waals surface area contributed by atoms with Crippen molar-refractivity contribution in [3.05, 3.63) is 89.0 Å². The minimum Gasteiger partial charge on any atom is -0.493 e. The zero-order valence-corrected chi connectivity index (χ0v) is 27.9. The zero-order chi connectivity index (χ0) is 33.6. The number of hydrogen-bond acceptors (Lipinski definition) is 9. The molecule has 6 rings (SSSR count). The molecule has 3 atom stereocenters. The Balaban J connectivity index is 1.20. The van der Waals surface area contributed by atoms with Gasteiger partial charge in [-0.3, -0.25) is 19.4 Å². The molecule has 11 heteroatoms. The van der Waals surface area contributed by atoms with Gasteiger partial charge >= 0.3 is 6.09 Å². The molecule has 0 radical (unpaired) electrons. The van der Waals surface area contributed by atoms with Crippen molar-refractivity contribution < 1.29 is 33.3 Å². The molecule has 11 nitrogen and oxygen atoms in total. The lowest BCUT2D eigenvalue weighted by Gasteiger charge is -2.39. The van der Waals surface area contributed by atoms with Gasteiger partial charge in [0.2, 0.25) is 6.29 Å². The molecule has 3 aliphatic heterocycles. The second-order valence-electron chi connectivity index (χ2n) is 12.3. The van der Waals surface area contributed by atoms with Gasteiger partial charge in [-0.25, -0.2) is 4.79 Å². The van der Waals surface area contributed by atoms with E-state index < -0.39 is 18.4 Å². The highest BCUT2D eigenvalue weighted by Crippen LogP contribution is 2.40. The summed E-state index contributed by atoms with van der Waals surface area (Å²) in [7, 11) is 3.11. The number of hydrogen-bond donors (Lipinski definition) is 1. The number of anilines is 1. The van der Waals surface area contributed by atoms with E-state index in [0.29, 0.717) is 55.0 Å². The predicted molar refractivity (Wildman–Crippen MR) is 181 cm³/mol. The zero-order valence-electron chi connectivity index (χ0n) is 27.9. The van der Waals surface area contributed by atoms with Crippen LogP contribution >= 0.6 is 0 Å². The number of carbonyl (C=O) groups excluding carboxylic acids is 3. The molecule has 0 aromatic heterocycles. The molecule has 3 aromatic carbocycles. The van der Waals surface area contributed by atoms with Gasteiger partial charge in [-0.15, -0.1) is 0 Å². The molecular weight excluding hydrogens is 612 g/mol. The van der Waals surface area contributed by atoms with Crippen LogP contribution in [0.15, 0.2) is 66.7 Å². The highest BCUT2D eigenvalue weighted by atomic mass is 16.7. The van der Waals surface area contributed by atoms with Crippen LogP contribution in [0, 0.1) is 0 Å². The van der Waals surface area contributed by atoms with Crippen molar-refractivity contribution in [3.63, 3.8) is 0 Å². The molecule has 0 bridgehead atoms. The van der Waals surface area contributed by atoms with Gasteiger partial charge in [0.25, 0.3) is 11.8 Å². The van der Waals surface area contributed by atoms with Crippen LogP contribution in [0.25, 0.3) is 0 Å². The lowest BCUT2D eigenvalue weighted by atomic mass is 9.99. The van der Waals surface area contributed by atoms with E-state index in [9.17, 15) is 14.4 Å². The van der Waals surface area contributed by atoms with Crippen LogP contribution in [0.4, 0.5) is 10.5 Å². The highest BCUT2D eigenvalue weighted by Gasteiger charge is 2.43. The van der Waals surface area contributed by atoms with Gasteiger partial charge in [-0.2, -0.15) is 0 Å². The standard InChI is InChI=1S/C37H44N4O7/c1-25(26-10-5-4-6-11-26)39-19-21-40(22-20-39)30-13-7-12-28-34(30)36(43)41(35(28)42)29(27-16-17-31(45-2)32(24-27)46-3)14-8-18-38-37(44)48-33-15-9-23-47-33/h4-7,10-13,16-17,24-25,29,33H,8-9,14-15,18-23H2,1-3H3,(H,38,44)/t25-,29?,33-/m1/s1. The Bertz CT molecular complexity index is 1600. The van der Waals surface area contributed by atoms with Crippen molar-refractivity contribution >= 4 is 23.6 Å². The molecule has 1 unspecified atom stereocenters. The summed E-state index contributed by atoms with van der Waals surface area (Å²) in [5.41, 5.74) is 3.63. The number of rotatable bonds is 12. The first-order chi connectivity index (χ1) is 23.4. The number of carbonyl (C=O) groups is 3. The number of ether oxygens (including phenoxy) is 4. The molecule has 3 aromatic rings. The Morgan fingerprint density at radius 3 is 2.40 bits per heavy atom. The first kappa shape index (κ1) is 33.3. The maximum atomic E-state index is 14.4. The molecule has 0 saturated carbocycles. The second-order valence-corrected chi connectivity index (χ2v) is 12.3. The van der Waals surface area contributed by atoms with Crippen LogP contribution in [-0.4, -0.2) is 87.5 Å². The largest absolute Gasteiger partial charge is 0.493 e. The van der Waals surface area contributed by atoms with Crippen LogP contribution in [0.1, 0.15) is 76.5 Å². The summed E-state index contributed by atoms with van der Waals surface area (Å²) in [4.78, 5) is 46.8. The summed E-state index contributed by atoms with van der Waals surface area (Å²) < 4.78 is 21.7. The van der Waals surface area contributed by atoms with E-state index in [2.05, 4.69) is 46.3 Å². The molecule has 0 aliphatic carbocycles. The summed E-state index contributed by atoms with van der Waals surface area (Å²) in [5.74, 6) is 0.386. The summed E-state index contributed by atoms with van der Waals surface area (Å²) in [6.45, 7) is 6.25. The number of nitrogens with zero attached hydrogens (tertiary/aromatic N) is 3. The molecule has 3 heterocycles. The third kappa shape index (κ3) is 6.97. The lowest BCUT2D eigenvalue weighted by molar-refractivity contribution is -0.0678. The maximum Gasteiger partial charge on any atom is 0.409 e. The van der Waals surface area contributed by atoms with Gasteiger partial charge in [0.05, 0.1) is 43.7 Å². The molecule has 48 heavy (non-hydrogen) atoms.